The van der Waals surface area contributed by atoms with Gasteiger partial charge in [0.25, 0.3) is 5.91 Å². The predicted octanol–water partition coefficient (Wildman–Crippen LogP) is 5.12. The summed E-state index contributed by atoms with van der Waals surface area (Å²) >= 11 is 2.66. The molecule has 0 bridgehead atoms. The lowest BCUT2D eigenvalue weighted by atomic mass is 10.1. The van der Waals surface area contributed by atoms with Gasteiger partial charge in [0.15, 0.2) is 0 Å². The Morgan fingerprint density at radius 1 is 1.16 bits per heavy atom. The molecular formula is C18H12FN3OS2. The molecule has 2 heterocycles. The Kier molecular flexibility index (Phi) is 4.03. The summed E-state index contributed by atoms with van der Waals surface area (Å²) in [6.07, 6.45) is 0. The highest BCUT2D eigenvalue weighted by atomic mass is 32.1. The number of rotatable bonds is 3. The van der Waals surface area contributed by atoms with Crippen molar-refractivity contribution in [1.82, 2.24) is 9.59 Å². The van der Waals surface area contributed by atoms with E-state index in [0.29, 0.717) is 10.6 Å². The van der Waals surface area contributed by atoms with Crippen LogP contribution in [0.5, 0.6) is 0 Å². The van der Waals surface area contributed by atoms with Gasteiger partial charge in [-0.1, -0.05) is 16.6 Å². The molecule has 124 valence electrons. The Morgan fingerprint density at radius 3 is 2.68 bits per heavy atom. The van der Waals surface area contributed by atoms with Gasteiger partial charge in [0, 0.05) is 21.3 Å². The minimum absolute atomic E-state index is 0.192. The van der Waals surface area contributed by atoms with E-state index in [-0.39, 0.29) is 11.7 Å². The number of fused-ring (bicyclic) bond motifs is 1. The molecule has 0 saturated carbocycles. The molecule has 2 aromatic heterocycles. The van der Waals surface area contributed by atoms with Gasteiger partial charge in [-0.15, -0.1) is 16.4 Å². The fourth-order valence-corrected chi connectivity index (χ4v) is 4.16. The molecule has 25 heavy (non-hydrogen) atoms. The number of amides is 1. The zero-order valence-corrected chi connectivity index (χ0v) is 14.7. The van der Waals surface area contributed by atoms with Crippen LogP contribution >= 0.6 is 22.9 Å². The Hall–Kier alpha value is -2.64. The second-order valence-electron chi connectivity index (χ2n) is 5.52. The number of aromatic nitrogens is 2. The number of carbonyl (C=O) groups excluding carboxylic acids is 1. The highest BCUT2D eigenvalue weighted by Crippen LogP contribution is 2.32. The van der Waals surface area contributed by atoms with Crippen molar-refractivity contribution in [2.45, 2.75) is 6.92 Å². The molecule has 0 unspecified atom stereocenters. The van der Waals surface area contributed by atoms with Crippen LogP contribution in [0.3, 0.4) is 0 Å². The minimum atomic E-state index is -0.299. The van der Waals surface area contributed by atoms with E-state index >= 15 is 0 Å². The average Bonchev–Trinajstić information content (AvgIpc) is 3.25. The van der Waals surface area contributed by atoms with Crippen LogP contribution in [0.4, 0.5) is 10.1 Å². The second kappa shape index (κ2) is 6.34. The highest BCUT2D eigenvalue weighted by molar-refractivity contribution is 7.21. The van der Waals surface area contributed by atoms with Crippen molar-refractivity contribution >= 4 is 44.5 Å². The van der Waals surface area contributed by atoms with E-state index in [1.54, 1.807) is 6.07 Å². The summed E-state index contributed by atoms with van der Waals surface area (Å²) in [5, 5.41) is 9.56. The third kappa shape index (κ3) is 3.04. The van der Waals surface area contributed by atoms with Crippen LogP contribution in [-0.2, 0) is 0 Å². The van der Waals surface area contributed by atoms with Crippen LogP contribution < -0.4 is 5.32 Å². The van der Waals surface area contributed by atoms with Crippen LogP contribution in [0, 0.1) is 12.7 Å². The van der Waals surface area contributed by atoms with E-state index in [2.05, 4.69) is 14.9 Å². The van der Waals surface area contributed by atoms with Crippen molar-refractivity contribution in [3.05, 3.63) is 64.1 Å². The monoisotopic (exact) mass is 369 g/mol. The molecule has 4 rings (SSSR count). The van der Waals surface area contributed by atoms with E-state index in [1.165, 1.54) is 35.0 Å². The standard InChI is InChI=1S/C18H12FN3OS2/c1-10-14-8-12(19)4-7-16(14)25-17(10)18(23)20-13-5-2-11(3-6-13)15-9-24-22-21-15/h2-9H,1H3,(H,20,23). The number of nitrogens with zero attached hydrogens (tertiary/aromatic N) is 2. The predicted molar refractivity (Wildman–Crippen MR) is 99.8 cm³/mol. The molecule has 1 amide bonds. The molecule has 0 radical (unpaired) electrons. The number of hydrogen-bond donors (Lipinski definition) is 1. The molecule has 4 nitrogen and oxygen atoms in total. The Balaban J connectivity index is 1.59. The van der Waals surface area contributed by atoms with Gasteiger partial charge in [0.2, 0.25) is 0 Å². The van der Waals surface area contributed by atoms with Gasteiger partial charge in [-0.2, -0.15) is 0 Å². The molecule has 0 aliphatic heterocycles. The van der Waals surface area contributed by atoms with E-state index in [9.17, 15) is 9.18 Å². The average molecular weight is 369 g/mol. The topological polar surface area (TPSA) is 54.9 Å². The van der Waals surface area contributed by atoms with Crippen molar-refractivity contribution in [1.29, 1.82) is 0 Å². The summed E-state index contributed by atoms with van der Waals surface area (Å²) in [4.78, 5) is 13.2. The minimum Gasteiger partial charge on any atom is -0.321 e. The normalized spacial score (nSPS) is 11.0. The zero-order valence-electron chi connectivity index (χ0n) is 13.1. The Bertz CT molecular complexity index is 1060. The fourth-order valence-electron chi connectivity index (χ4n) is 2.61. The number of nitrogens with one attached hydrogen (secondary N) is 1. The number of halogens is 1. The molecule has 7 heteroatoms. The maximum atomic E-state index is 13.4. The first kappa shape index (κ1) is 15.9. The molecule has 0 aliphatic rings. The Labute approximate surface area is 151 Å². The second-order valence-corrected chi connectivity index (χ2v) is 7.18. The SMILES string of the molecule is Cc1c(C(=O)Nc2ccc(-c3csnn3)cc2)sc2ccc(F)cc12. The van der Waals surface area contributed by atoms with Gasteiger partial charge in [-0.25, -0.2) is 4.39 Å². The number of anilines is 1. The van der Waals surface area contributed by atoms with Crippen LogP contribution in [0.25, 0.3) is 21.3 Å². The first-order valence-corrected chi connectivity index (χ1v) is 9.14. The molecule has 2 aromatic carbocycles. The molecule has 0 fully saturated rings. The van der Waals surface area contributed by atoms with E-state index in [1.807, 2.05) is 36.6 Å². The maximum Gasteiger partial charge on any atom is 0.266 e. The molecule has 0 aliphatic carbocycles. The van der Waals surface area contributed by atoms with Crippen molar-refractivity contribution in [2.24, 2.45) is 0 Å². The van der Waals surface area contributed by atoms with Crippen molar-refractivity contribution in [2.75, 3.05) is 5.32 Å². The van der Waals surface area contributed by atoms with Gasteiger partial charge >= 0.3 is 0 Å². The van der Waals surface area contributed by atoms with Crippen molar-refractivity contribution < 1.29 is 9.18 Å². The fraction of sp³-hybridized carbons (Fsp3) is 0.0556. The molecule has 1 N–H and O–H groups in total. The molecule has 0 spiro atoms. The third-order valence-corrected chi connectivity index (χ3v) is 5.68. The molecule has 4 aromatic rings. The summed E-state index contributed by atoms with van der Waals surface area (Å²) in [7, 11) is 0. The Morgan fingerprint density at radius 2 is 1.96 bits per heavy atom. The van der Waals surface area contributed by atoms with Gasteiger partial charge in [-0.05, 0) is 59.7 Å². The summed E-state index contributed by atoms with van der Waals surface area (Å²) in [6.45, 7) is 1.84. The zero-order chi connectivity index (χ0) is 17.4. The quantitative estimate of drug-likeness (QED) is 0.545. The van der Waals surface area contributed by atoms with Gasteiger partial charge in [0.05, 0.1) is 4.88 Å². The summed E-state index contributed by atoms with van der Waals surface area (Å²) in [5.41, 5.74) is 3.24. The number of thiophene rings is 1. The van der Waals surface area contributed by atoms with Crippen LogP contribution in [0.1, 0.15) is 15.2 Å². The molecule has 0 atom stereocenters. The number of aryl methyl sites for hydroxylation is 1. The van der Waals surface area contributed by atoms with Crippen molar-refractivity contribution in [3.8, 4) is 11.3 Å². The maximum absolute atomic E-state index is 13.4. The lowest BCUT2D eigenvalue weighted by Crippen LogP contribution is -2.11. The number of hydrogen-bond acceptors (Lipinski definition) is 5. The molecule has 0 saturated heterocycles. The lowest BCUT2D eigenvalue weighted by molar-refractivity contribution is 0.103. The highest BCUT2D eigenvalue weighted by Gasteiger charge is 2.16. The van der Waals surface area contributed by atoms with E-state index in [4.69, 9.17) is 0 Å². The van der Waals surface area contributed by atoms with Crippen molar-refractivity contribution in [3.63, 3.8) is 0 Å². The van der Waals surface area contributed by atoms with Gasteiger partial charge < -0.3 is 5.32 Å². The first-order chi connectivity index (χ1) is 12.1. The van der Waals surface area contributed by atoms with Crippen LogP contribution in [0.2, 0.25) is 0 Å². The van der Waals surface area contributed by atoms with E-state index < -0.39 is 0 Å². The summed E-state index contributed by atoms with van der Waals surface area (Å²) in [6, 6.07) is 12.0. The summed E-state index contributed by atoms with van der Waals surface area (Å²) in [5.74, 6) is -0.491. The van der Waals surface area contributed by atoms with Gasteiger partial charge in [-0.3, -0.25) is 4.79 Å². The first-order valence-electron chi connectivity index (χ1n) is 7.49. The number of carbonyl (C=O) groups is 1. The van der Waals surface area contributed by atoms with Gasteiger partial charge in [0.1, 0.15) is 11.5 Å². The van der Waals surface area contributed by atoms with Crippen LogP contribution in [0.15, 0.2) is 47.8 Å². The lowest BCUT2D eigenvalue weighted by Gasteiger charge is -2.05. The largest absolute Gasteiger partial charge is 0.321 e. The van der Waals surface area contributed by atoms with Crippen LogP contribution in [-0.4, -0.2) is 15.5 Å². The third-order valence-electron chi connectivity index (χ3n) is 3.90. The number of benzene rings is 2. The smallest absolute Gasteiger partial charge is 0.266 e. The summed E-state index contributed by atoms with van der Waals surface area (Å²) < 4.78 is 18.2. The molecular weight excluding hydrogens is 357 g/mol. The van der Waals surface area contributed by atoms with E-state index in [0.717, 1.165) is 26.9 Å².